The summed E-state index contributed by atoms with van der Waals surface area (Å²) in [6.45, 7) is 5.71. The maximum atomic E-state index is 13.3. The number of benzene rings is 1. The summed E-state index contributed by atoms with van der Waals surface area (Å²) >= 11 is 0. The lowest BCUT2D eigenvalue weighted by atomic mass is 9.85. The molecule has 1 aromatic rings. The van der Waals surface area contributed by atoms with Gasteiger partial charge in [0.1, 0.15) is 5.60 Å². The van der Waals surface area contributed by atoms with Crippen LogP contribution < -0.4 is 0 Å². The molecule has 4 nitrogen and oxygen atoms in total. The zero-order chi connectivity index (χ0) is 18.8. The highest BCUT2D eigenvalue weighted by atomic mass is 19.4. The molecule has 1 saturated heterocycles. The molecule has 0 radical (unpaired) electrons. The molecule has 1 amide bonds. The molecule has 0 aliphatic carbocycles. The van der Waals surface area contributed by atoms with Gasteiger partial charge in [-0.3, -0.25) is 0 Å². The molecule has 0 aromatic heterocycles. The molecule has 1 aliphatic heterocycles. The fourth-order valence-corrected chi connectivity index (χ4v) is 3.01. The van der Waals surface area contributed by atoms with Crippen molar-refractivity contribution in [3.8, 4) is 0 Å². The minimum Gasteiger partial charge on any atom is -0.444 e. The number of carbonyl (C=O) groups is 1. The van der Waals surface area contributed by atoms with Gasteiger partial charge in [-0.2, -0.15) is 13.2 Å². The predicted octanol–water partition coefficient (Wildman–Crippen LogP) is 4.31. The van der Waals surface area contributed by atoms with Gasteiger partial charge in [-0.1, -0.05) is 12.1 Å². The number of hydrogen-bond donors (Lipinski definition) is 1. The molecule has 1 aliphatic rings. The highest BCUT2D eigenvalue weighted by Gasteiger charge is 2.36. The Labute approximate surface area is 145 Å². The van der Waals surface area contributed by atoms with Crippen LogP contribution in [0.25, 0.3) is 0 Å². The van der Waals surface area contributed by atoms with Crippen molar-refractivity contribution in [3.63, 3.8) is 0 Å². The molecule has 1 heterocycles. The van der Waals surface area contributed by atoms with Gasteiger partial charge in [0.2, 0.25) is 0 Å². The Morgan fingerprint density at radius 1 is 1.24 bits per heavy atom. The van der Waals surface area contributed by atoms with E-state index in [1.165, 1.54) is 17.0 Å². The number of amides is 1. The molecule has 0 atom stereocenters. The van der Waals surface area contributed by atoms with Gasteiger partial charge in [-0.25, -0.2) is 4.79 Å². The minimum atomic E-state index is -4.44. The van der Waals surface area contributed by atoms with Gasteiger partial charge in [0.05, 0.1) is 12.2 Å². The van der Waals surface area contributed by atoms with Crippen LogP contribution in [0.1, 0.15) is 56.2 Å². The first-order valence-corrected chi connectivity index (χ1v) is 8.30. The van der Waals surface area contributed by atoms with Crippen molar-refractivity contribution in [1.82, 2.24) is 4.90 Å². The van der Waals surface area contributed by atoms with Crippen molar-refractivity contribution < 1.29 is 27.8 Å². The number of halogens is 3. The van der Waals surface area contributed by atoms with E-state index >= 15 is 0 Å². The third kappa shape index (κ3) is 5.11. The van der Waals surface area contributed by atoms with E-state index in [4.69, 9.17) is 4.74 Å². The Morgan fingerprint density at radius 3 is 2.32 bits per heavy atom. The highest BCUT2D eigenvalue weighted by Crippen LogP contribution is 2.39. The predicted molar refractivity (Wildman–Crippen MR) is 87.1 cm³/mol. The molecule has 7 heteroatoms. The van der Waals surface area contributed by atoms with E-state index in [9.17, 15) is 23.1 Å². The SMILES string of the molecule is CC(C)(C)OC(=O)N1CCC(c2cc(CO)ccc2C(F)(F)F)CC1. The van der Waals surface area contributed by atoms with Crippen molar-refractivity contribution >= 4 is 6.09 Å². The van der Waals surface area contributed by atoms with E-state index in [-0.39, 0.29) is 18.1 Å². The number of ether oxygens (including phenoxy) is 1. The molecule has 1 aromatic carbocycles. The topological polar surface area (TPSA) is 49.8 Å². The summed E-state index contributed by atoms with van der Waals surface area (Å²) in [5.74, 6) is -0.304. The highest BCUT2D eigenvalue weighted by molar-refractivity contribution is 5.68. The van der Waals surface area contributed by atoms with E-state index in [1.807, 2.05) is 0 Å². The van der Waals surface area contributed by atoms with Crippen LogP contribution in [-0.4, -0.2) is 34.8 Å². The minimum absolute atomic E-state index is 0.197. The summed E-state index contributed by atoms with van der Waals surface area (Å²) in [5, 5.41) is 9.23. The van der Waals surface area contributed by atoms with E-state index in [0.717, 1.165) is 6.07 Å². The Balaban J connectivity index is 2.13. The van der Waals surface area contributed by atoms with Crippen LogP contribution in [0.5, 0.6) is 0 Å². The lowest BCUT2D eigenvalue weighted by Crippen LogP contribution is -2.41. The fraction of sp³-hybridized carbons (Fsp3) is 0.611. The van der Waals surface area contributed by atoms with Gasteiger partial charge in [0.15, 0.2) is 0 Å². The van der Waals surface area contributed by atoms with Gasteiger partial charge < -0.3 is 14.7 Å². The molecule has 25 heavy (non-hydrogen) atoms. The normalized spacial score (nSPS) is 16.8. The van der Waals surface area contributed by atoms with Crippen LogP contribution in [0.4, 0.5) is 18.0 Å². The van der Waals surface area contributed by atoms with Crippen LogP contribution in [0.2, 0.25) is 0 Å². The van der Waals surface area contributed by atoms with E-state index in [0.29, 0.717) is 31.5 Å². The lowest BCUT2D eigenvalue weighted by Gasteiger charge is -2.34. The number of carbonyl (C=O) groups excluding carboxylic acids is 1. The number of aliphatic hydroxyl groups excluding tert-OH is 1. The van der Waals surface area contributed by atoms with Crippen LogP contribution in [0.15, 0.2) is 18.2 Å². The number of alkyl halides is 3. The smallest absolute Gasteiger partial charge is 0.416 e. The number of likely N-dealkylation sites (tertiary alicyclic amines) is 1. The van der Waals surface area contributed by atoms with Crippen LogP contribution in [0, 0.1) is 0 Å². The molecule has 0 bridgehead atoms. The molecule has 0 spiro atoms. The second-order valence-corrected chi connectivity index (χ2v) is 7.32. The number of hydrogen-bond acceptors (Lipinski definition) is 3. The molecular formula is C18H24F3NO3. The van der Waals surface area contributed by atoms with Crippen molar-refractivity contribution in [2.45, 2.75) is 57.9 Å². The average Bonchev–Trinajstić information content (AvgIpc) is 2.52. The molecule has 0 unspecified atom stereocenters. The molecule has 1 N–H and O–H groups in total. The first-order chi connectivity index (χ1) is 11.5. The van der Waals surface area contributed by atoms with Gasteiger partial charge in [0.25, 0.3) is 0 Å². The van der Waals surface area contributed by atoms with Crippen molar-refractivity contribution in [2.75, 3.05) is 13.1 Å². The lowest BCUT2D eigenvalue weighted by molar-refractivity contribution is -0.138. The third-order valence-corrected chi connectivity index (χ3v) is 4.19. The monoisotopic (exact) mass is 359 g/mol. The second-order valence-electron chi connectivity index (χ2n) is 7.32. The maximum Gasteiger partial charge on any atom is 0.416 e. The standard InChI is InChI=1S/C18H24F3NO3/c1-17(2,3)25-16(24)22-8-6-13(7-9-22)14-10-12(11-23)4-5-15(14)18(19,20)21/h4-5,10,13,23H,6-9,11H2,1-3H3. The summed E-state index contributed by atoms with van der Waals surface area (Å²) in [5.41, 5.74) is -0.617. The zero-order valence-electron chi connectivity index (χ0n) is 14.7. The van der Waals surface area contributed by atoms with Crippen molar-refractivity contribution in [1.29, 1.82) is 0 Å². The average molecular weight is 359 g/mol. The Kier molecular flexibility index (Phi) is 5.66. The summed E-state index contributed by atoms with van der Waals surface area (Å²) in [7, 11) is 0. The Bertz CT molecular complexity index is 615. The fourth-order valence-electron chi connectivity index (χ4n) is 3.01. The van der Waals surface area contributed by atoms with E-state index in [2.05, 4.69) is 0 Å². The summed E-state index contributed by atoms with van der Waals surface area (Å²) in [4.78, 5) is 13.6. The first-order valence-electron chi connectivity index (χ1n) is 8.30. The molecular weight excluding hydrogens is 335 g/mol. The van der Waals surface area contributed by atoms with Crippen molar-refractivity contribution in [2.24, 2.45) is 0 Å². The zero-order valence-corrected chi connectivity index (χ0v) is 14.7. The van der Waals surface area contributed by atoms with Crippen LogP contribution >= 0.6 is 0 Å². The number of nitrogens with zero attached hydrogens (tertiary/aromatic N) is 1. The van der Waals surface area contributed by atoms with Gasteiger partial charge in [0, 0.05) is 13.1 Å². The second kappa shape index (κ2) is 7.23. The van der Waals surface area contributed by atoms with Crippen LogP contribution in [0.3, 0.4) is 0 Å². The largest absolute Gasteiger partial charge is 0.444 e. The van der Waals surface area contributed by atoms with Gasteiger partial charge in [-0.15, -0.1) is 0 Å². The summed E-state index contributed by atoms with van der Waals surface area (Å²) in [6.07, 6.45) is -4.02. The van der Waals surface area contributed by atoms with Crippen molar-refractivity contribution in [3.05, 3.63) is 34.9 Å². The third-order valence-electron chi connectivity index (χ3n) is 4.19. The molecule has 140 valence electrons. The number of aliphatic hydroxyl groups is 1. The number of rotatable bonds is 2. The summed E-state index contributed by atoms with van der Waals surface area (Å²) < 4.78 is 45.2. The number of piperidine rings is 1. The van der Waals surface area contributed by atoms with Crippen LogP contribution in [-0.2, 0) is 17.5 Å². The van der Waals surface area contributed by atoms with Gasteiger partial charge in [-0.05, 0) is 56.7 Å². The molecule has 2 rings (SSSR count). The summed E-state index contributed by atoms with van der Waals surface area (Å²) in [6, 6.07) is 3.75. The maximum absolute atomic E-state index is 13.3. The quantitative estimate of drug-likeness (QED) is 0.856. The van der Waals surface area contributed by atoms with E-state index in [1.54, 1.807) is 20.8 Å². The van der Waals surface area contributed by atoms with E-state index < -0.39 is 23.4 Å². The first kappa shape index (κ1) is 19.6. The Hall–Kier alpha value is -1.76. The molecule has 0 saturated carbocycles. The Morgan fingerprint density at radius 2 is 1.84 bits per heavy atom. The molecule has 1 fully saturated rings. The van der Waals surface area contributed by atoms with Gasteiger partial charge >= 0.3 is 12.3 Å².